The summed E-state index contributed by atoms with van der Waals surface area (Å²) in [6, 6.07) is 0. The summed E-state index contributed by atoms with van der Waals surface area (Å²) in [6.45, 7) is 5.59. The first-order valence-corrected chi connectivity index (χ1v) is 6.84. The highest BCUT2D eigenvalue weighted by Gasteiger charge is 2.13. The van der Waals surface area contributed by atoms with E-state index in [-0.39, 0.29) is 0 Å². The highest BCUT2D eigenvalue weighted by atomic mass is 79.9. The minimum Gasteiger partial charge on any atom is -0.324 e. The van der Waals surface area contributed by atoms with E-state index in [2.05, 4.69) is 15.9 Å². The smallest absolute Gasteiger partial charge is 0.324 e. The Morgan fingerprint density at radius 2 is 2.08 bits per heavy atom. The van der Waals surface area contributed by atoms with E-state index in [1.54, 1.807) is 0 Å². The number of alkyl halides is 1. The molecule has 0 aromatic rings. The monoisotopic (exact) mass is 258 g/mol. The van der Waals surface area contributed by atoms with Crippen molar-refractivity contribution in [3.63, 3.8) is 0 Å². The predicted molar refractivity (Wildman–Crippen MR) is 53.9 cm³/mol. The second-order valence-electron chi connectivity index (χ2n) is 3.22. The Hall–Kier alpha value is 0.630. The van der Waals surface area contributed by atoms with Gasteiger partial charge in [-0.25, -0.2) is 0 Å². The molecule has 3 nitrogen and oxygen atoms in total. The van der Waals surface area contributed by atoms with Gasteiger partial charge in [-0.2, -0.15) is 0 Å². The summed E-state index contributed by atoms with van der Waals surface area (Å²) in [5, 5.41) is 0. The molecular formula is C7H16BrO3P. The van der Waals surface area contributed by atoms with Gasteiger partial charge in [0, 0.05) is 11.5 Å². The van der Waals surface area contributed by atoms with Gasteiger partial charge in [0.2, 0.25) is 0 Å². The molecule has 0 spiro atoms. The second-order valence-corrected chi connectivity index (χ2v) is 6.65. The Bertz CT molecular complexity index is 166. The molecule has 74 valence electrons. The van der Waals surface area contributed by atoms with Crippen molar-refractivity contribution in [3.8, 4) is 0 Å². The topological polar surface area (TPSA) is 46.5 Å². The van der Waals surface area contributed by atoms with E-state index >= 15 is 0 Å². The number of hydrogen-bond acceptors (Lipinski definition) is 2. The summed E-state index contributed by atoms with van der Waals surface area (Å²) in [4.78, 5) is 9.24. The predicted octanol–water partition coefficient (Wildman–Crippen LogP) is 2.63. The molecule has 0 saturated carbocycles. The van der Waals surface area contributed by atoms with Crippen LogP contribution in [0.1, 0.15) is 20.3 Å². The van der Waals surface area contributed by atoms with Crippen molar-refractivity contribution in [2.75, 3.05) is 13.3 Å². The van der Waals surface area contributed by atoms with Crippen LogP contribution in [0.4, 0.5) is 0 Å². The van der Waals surface area contributed by atoms with Crippen LogP contribution >= 0.6 is 23.5 Å². The zero-order valence-electron chi connectivity index (χ0n) is 7.66. The first kappa shape index (κ1) is 12.6. The molecule has 0 aromatic carbocycles. The average molecular weight is 259 g/mol. The molecule has 12 heavy (non-hydrogen) atoms. The van der Waals surface area contributed by atoms with Gasteiger partial charge >= 0.3 is 7.60 Å². The van der Waals surface area contributed by atoms with Crippen LogP contribution in [0.3, 0.4) is 0 Å². The fraction of sp³-hybridized carbons (Fsp3) is 1.00. The molecule has 0 amide bonds. The SMILES string of the molecule is CC(Br)CC(C)COP(C)(=O)O. The zero-order valence-corrected chi connectivity index (χ0v) is 10.1. The summed E-state index contributed by atoms with van der Waals surface area (Å²) in [5.41, 5.74) is 0. The molecule has 0 aliphatic carbocycles. The number of rotatable bonds is 5. The maximum Gasteiger partial charge on any atom is 0.325 e. The highest BCUT2D eigenvalue weighted by Crippen LogP contribution is 2.37. The molecule has 1 N–H and O–H groups in total. The van der Waals surface area contributed by atoms with Crippen LogP contribution in [0.25, 0.3) is 0 Å². The van der Waals surface area contributed by atoms with Crippen molar-refractivity contribution in [1.29, 1.82) is 0 Å². The average Bonchev–Trinajstić information content (AvgIpc) is 1.80. The summed E-state index contributed by atoms with van der Waals surface area (Å²) in [6.07, 6.45) is 0.944. The van der Waals surface area contributed by atoms with Gasteiger partial charge in [0.1, 0.15) is 0 Å². The Morgan fingerprint density at radius 1 is 1.58 bits per heavy atom. The molecule has 0 rings (SSSR count). The lowest BCUT2D eigenvalue weighted by atomic mass is 10.1. The lowest BCUT2D eigenvalue weighted by Crippen LogP contribution is -2.08. The van der Waals surface area contributed by atoms with Crippen LogP contribution in [0, 0.1) is 5.92 Å². The van der Waals surface area contributed by atoms with Gasteiger partial charge in [-0.3, -0.25) is 4.57 Å². The van der Waals surface area contributed by atoms with Crippen LogP contribution in [-0.4, -0.2) is 23.0 Å². The Morgan fingerprint density at radius 3 is 2.42 bits per heavy atom. The van der Waals surface area contributed by atoms with Crippen molar-refractivity contribution in [2.24, 2.45) is 5.92 Å². The van der Waals surface area contributed by atoms with Crippen molar-refractivity contribution < 1.29 is 14.0 Å². The second kappa shape index (κ2) is 5.38. The molecule has 0 fully saturated rings. The largest absolute Gasteiger partial charge is 0.325 e. The maximum atomic E-state index is 10.7. The minimum atomic E-state index is -3.28. The van der Waals surface area contributed by atoms with Crippen molar-refractivity contribution in [1.82, 2.24) is 0 Å². The van der Waals surface area contributed by atoms with Crippen LogP contribution < -0.4 is 0 Å². The Balaban J connectivity index is 3.58. The van der Waals surface area contributed by atoms with Gasteiger partial charge < -0.3 is 9.42 Å². The minimum absolute atomic E-state index is 0.305. The molecule has 0 bridgehead atoms. The third kappa shape index (κ3) is 8.72. The van der Waals surface area contributed by atoms with E-state index in [0.29, 0.717) is 17.4 Å². The zero-order chi connectivity index (χ0) is 9.78. The molecule has 3 unspecified atom stereocenters. The van der Waals surface area contributed by atoms with E-state index in [1.165, 1.54) is 6.66 Å². The highest BCUT2D eigenvalue weighted by molar-refractivity contribution is 9.09. The van der Waals surface area contributed by atoms with E-state index in [0.717, 1.165) is 6.42 Å². The van der Waals surface area contributed by atoms with Crippen molar-refractivity contribution in [3.05, 3.63) is 0 Å². The van der Waals surface area contributed by atoms with E-state index in [4.69, 9.17) is 9.42 Å². The lowest BCUT2D eigenvalue weighted by molar-refractivity contribution is 0.221. The molecule has 0 heterocycles. The van der Waals surface area contributed by atoms with Crippen LogP contribution in [0.5, 0.6) is 0 Å². The first-order valence-electron chi connectivity index (χ1n) is 3.90. The Kier molecular flexibility index (Phi) is 5.66. The molecule has 0 aromatic heterocycles. The lowest BCUT2D eigenvalue weighted by Gasteiger charge is -2.14. The van der Waals surface area contributed by atoms with Crippen LogP contribution in [-0.2, 0) is 9.09 Å². The standard InChI is InChI=1S/C7H16BrO3P/c1-6(4-7(2)8)5-11-12(3,9)10/h6-7H,4-5H2,1-3H3,(H,9,10). The van der Waals surface area contributed by atoms with Crippen LogP contribution in [0.15, 0.2) is 0 Å². The summed E-state index contributed by atoms with van der Waals surface area (Å²) < 4.78 is 15.5. The maximum absolute atomic E-state index is 10.7. The van der Waals surface area contributed by atoms with E-state index < -0.39 is 7.60 Å². The van der Waals surface area contributed by atoms with Gasteiger partial charge in [0.25, 0.3) is 0 Å². The van der Waals surface area contributed by atoms with E-state index in [1.807, 2.05) is 13.8 Å². The van der Waals surface area contributed by atoms with Gasteiger partial charge in [-0.15, -0.1) is 0 Å². The molecular weight excluding hydrogens is 243 g/mol. The quantitative estimate of drug-likeness (QED) is 0.609. The Labute approximate surface area is 82.2 Å². The third-order valence-corrected chi connectivity index (χ3v) is 2.33. The number of hydrogen-bond donors (Lipinski definition) is 1. The van der Waals surface area contributed by atoms with E-state index in [9.17, 15) is 4.57 Å². The first-order chi connectivity index (χ1) is 5.31. The fourth-order valence-corrected chi connectivity index (χ4v) is 2.06. The van der Waals surface area contributed by atoms with Gasteiger partial charge in [0.15, 0.2) is 0 Å². The molecule has 5 heteroatoms. The van der Waals surface area contributed by atoms with Gasteiger partial charge in [-0.1, -0.05) is 29.8 Å². The fourth-order valence-electron chi connectivity index (χ4n) is 0.888. The summed E-state index contributed by atoms with van der Waals surface area (Å²) >= 11 is 3.41. The molecule has 0 aliphatic rings. The summed E-state index contributed by atoms with van der Waals surface area (Å²) in [5.74, 6) is 0.305. The van der Waals surface area contributed by atoms with Gasteiger partial charge in [-0.05, 0) is 12.3 Å². The molecule has 0 saturated heterocycles. The normalized spacial score (nSPS) is 21.4. The molecule has 0 aliphatic heterocycles. The van der Waals surface area contributed by atoms with Crippen molar-refractivity contribution >= 4 is 23.5 Å². The third-order valence-electron chi connectivity index (χ3n) is 1.33. The van der Waals surface area contributed by atoms with Crippen LogP contribution in [0.2, 0.25) is 0 Å². The van der Waals surface area contributed by atoms with Gasteiger partial charge in [0.05, 0.1) is 6.61 Å². The number of halogens is 1. The molecule has 0 radical (unpaired) electrons. The van der Waals surface area contributed by atoms with Crippen molar-refractivity contribution in [2.45, 2.75) is 25.1 Å². The molecule has 3 atom stereocenters. The summed E-state index contributed by atoms with van der Waals surface area (Å²) in [7, 11) is -3.28.